The minimum Gasteiger partial charge on any atom is -0.497 e. The van der Waals surface area contributed by atoms with Crippen LogP contribution in [0.2, 0.25) is 0 Å². The average Bonchev–Trinajstić information content (AvgIpc) is 3.56. The number of hydrogen-bond acceptors (Lipinski definition) is 3. The van der Waals surface area contributed by atoms with E-state index in [0.29, 0.717) is 0 Å². The number of anilines is 1. The maximum absolute atomic E-state index is 13.2. The van der Waals surface area contributed by atoms with Crippen LogP contribution >= 0.6 is 0 Å². The third kappa shape index (κ3) is 2.68. The molecule has 140 valence electrons. The highest BCUT2D eigenvalue weighted by Crippen LogP contribution is 2.71. The first-order valence-corrected chi connectivity index (χ1v) is 9.78. The monoisotopic (exact) mass is 356 g/mol. The van der Waals surface area contributed by atoms with E-state index in [2.05, 4.69) is 5.32 Å². The first-order chi connectivity index (χ1) is 12.5. The maximum atomic E-state index is 13.2. The second kappa shape index (κ2) is 6.29. The highest BCUT2D eigenvalue weighted by atomic mass is 16.5. The number of hydrogen-bond donors (Lipinski definition) is 1. The standard InChI is InChI=1S/C21H28N2O3/c1-15-14-16(26-2)6-7-17(15)22-18(24)20(8-9-20)21(10-11-21)19(25)23-12-4-3-5-13-23/h6-7,14H,3-5,8-13H2,1-2H3,(H,22,24). The number of piperidine rings is 1. The van der Waals surface area contributed by atoms with Gasteiger partial charge >= 0.3 is 0 Å². The molecule has 3 fully saturated rings. The van der Waals surface area contributed by atoms with Crippen LogP contribution in [0.15, 0.2) is 18.2 Å². The van der Waals surface area contributed by atoms with Gasteiger partial charge in [-0.3, -0.25) is 9.59 Å². The van der Waals surface area contributed by atoms with Crippen LogP contribution in [0.3, 0.4) is 0 Å². The molecule has 0 bridgehead atoms. The predicted molar refractivity (Wildman–Crippen MR) is 100 cm³/mol. The topological polar surface area (TPSA) is 58.6 Å². The van der Waals surface area contributed by atoms with Gasteiger partial charge < -0.3 is 15.0 Å². The fourth-order valence-corrected chi connectivity index (χ4v) is 4.62. The van der Waals surface area contributed by atoms with E-state index in [9.17, 15) is 9.59 Å². The first-order valence-electron chi connectivity index (χ1n) is 9.78. The van der Waals surface area contributed by atoms with Gasteiger partial charge in [0.2, 0.25) is 11.8 Å². The van der Waals surface area contributed by atoms with Gasteiger partial charge in [-0.1, -0.05) is 0 Å². The minimum atomic E-state index is -0.492. The van der Waals surface area contributed by atoms with Gasteiger partial charge in [-0.2, -0.15) is 0 Å². The fourth-order valence-electron chi connectivity index (χ4n) is 4.62. The van der Waals surface area contributed by atoms with E-state index >= 15 is 0 Å². The Morgan fingerprint density at radius 1 is 1.04 bits per heavy atom. The van der Waals surface area contributed by atoms with Crippen molar-refractivity contribution in [2.75, 3.05) is 25.5 Å². The lowest BCUT2D eigenvalue weighted by molar-refractivity contribution is -0.144. The highest BCUT2D eigenvalue weighted by molar-refractivity contribution is 6.03. The molecule has 0 atom stereocenters. The van der Waals surface area contributed by atoms with Crippen molar-refractivity contribution in [3.05, 3.63) is 23.8 Å². The van der Waals surface area contributed by atoms with E-state index < -0.39 is 10.8 Å². The molecule has 2 saturated carbocycles. The molecule has 5 heteroatoms. The lowest BCUT2D eigenvalue weighted by atomic mass is 9.82. The summed E-state index contributed by atoms with van der Waals surface area (Å²) in [5.74, 6) is 1.03. The second-order valence-electron chi connectivity index (χ2n) is 8.15. The zero-order valence-electron chi connectivity index (χ0n) is 15.8. The number of aryl methyl sites for hydroxylation is 1. The van der Waals surface area contributed by atoms with Crippen molar-refractivity contribution in [2.45, 2.75) is 51.9 Å². The molecule has 2 aliphatic carbocycles. The Bertz CT molecular complexity index is 729. The molecule has 1 aromatic carbocycles. The summed E-state index contributed by atoms with van der Waals surface area (Å²) < 4.78 is 5.23. The zero-order chi connectivity index (χ0) is 18.4. The molecule has 1 N–H and O–H groups in total. The van der Waals surface area contributed by atoms with Gasteiger partial charge in [0.05, 0.1) is 17.9 Å². The third-order valence-corrected chi connectivity index (χ3v) is 6.59. The van der Waals surface area contributed by atoms with Crippen molar-refractivity contribution >= 4 is 17.5 Å². The molecular formula is C21H28N2O3. The van der Waals surface area contributed by atoms with Gasteiger partial charge in [-0.15, -0.1) is 0 Å². The molecule has 1 aromatic rings. The molecule has 0 unspecified atom stereocenters. The number of likely N-dealkylation sites (tertiary alicyclic amines) is 1. The fraction of sp³-hybridized carbons (Fsp3) is 0.619. The number of nitrogens with one attached hydrogen (secondary N) is 1. The van der Waals surface area contributed by atoms with E-state index in [4.69, 9.17) is 4.74 Å². The Balaban J connectivity index is 1.51. The average molecular weight is 356 g/mol. The number of amides is 2. The van der Waals surface area contributed by atoms with E-state index in [0.717, 1.165) is 68.6 Å². The van der Waals surface area contributed by atoms with Crippen molar-refractivity contribution in [1.82, 2.24) is 4.90 Å². The van der Waals surface area contributed by atoms with Crippen LogP contribution in [0.4, 0.5) is 5.69 Å². The Morgan fingerprint density at radius 2 is 1.69 bits per heavy atom. The summed E-state index contributed by atoms with van der Waals surface area (Å²) in [5.41, 5.74) is 0.854. The number of nitrogens with zero attached hydrogens (tertiary/aromatic N) is 1. The van der Waals surface area contributed by atoms with Crippen LogP contribution in [0.1, 0.15) is 50.5 Å². The van der Waals surface area contributed by atoms with Crippen molar-refractivity contribution in [2.24, 2.45) is 10.8 Å². The summed E-state index contributed by atoms with van der Waals surface area (Å²) in [6.07, 6.45) is 6.76. The van der Waals surface area contributed by atoms with Crippen molar-refractivity contribution in [3.63, 3.8) is 0 Å². The lowest BCUT2D eigenvalue weighted by Crippen LogP contribution is -2.47. The molecule has 0 aromatic heterocycles. The molecule has 5 nitrogen and oxygen atoms in total. The molecule has 0 spiro atoms. The Hall–Kier alpha value is -2.04. The normalized spacial score (nSPS) is 22.5. The van der Waals surface area contributed by atoms with Crippen LogP contribution < -0.4 is 10.1 Å². The van der Waals surface area contributed by atoms with E-state index in [-0.39, 0.29) is 11.8 Å². The van der Waals surface area contributed by atoms with Gasteiger partial charge in [-0.05, 0) is 75.6 Å². The van der Waals surface area contributed by atoms with E-state index in [1.54, 1.807) is 7.11 Å². The van der Waals surface area contributed by atoms with Crippen molar-refractivity contribution < 1.29 is 14.3 Å². The number of ether oxygens (including phenoxy) is 1. The largest absolute Gasteiger partial charge is 0.497 e. The molecular weight excluding hydrogens is 328 g/mol. The van der Waals surface area contributed by atoms with Crippen LogP contribution in [0, 0.1) is 17.8 Å². The predicted octanol–water partition coefficient (Wildman–Crippen LogP) is 3.52. The molecule has 3 aliphatic rings. The second-order valence-corrected chi connectivity index (χ2v) is 8.15. The molecule has 1 aliphatic heterocycles. The maximum Gasteiger partial charge on any atom is 0.231 e. The van der Waals surface area contributed by atoms with Crippen molar-refractivity contribution in [1.29, 1.82) is 0 Å². The molecule has 0 radical (unpaired) electrons. The van der Waals surface area contributed by atoms with Crippen LogP contribution in [-0.4, -0.2) is 36.9 Å². The number of carbonyl (C=O) groups excluding carboxylic acids is 2. The molecule has 1 saturated heterocycles. The minimum absolute atomic E-state index is 0.0219. The zero-order valence-corrected chi connectivity index (χ0v) is 15.8. The summed E-state index contributed by atoms with van der Waals surface area (Å²) in [7, 11) is 1.63. The molecule has 1 heterocycles. The van der Waals surface area contributed by atoms with Crippen LogP contribution in [0.25, 0.3) is 0 Å². The highest BCUT2D eigenvalue weighted by Gasteiger charge is 2.73. The summed E-state index contributed by atoms with van der Waals surface area (Å²) in [6, 6.07) is 5.66. The third-order valence-electron chi connectivity index (χ3n) is 6.59. The SMILES string of the molecule is COc1ccc(NC(=O)C2(C3(C(=O)N4CCCCC4)CC3)CC2)c(C)c1. The molecule has 4 rings (SSSR count). The smallest absolute Gasteiger partial charge is 0.231 e. The summed E-state index contributed by atoms with van der Waals surface area (Å²) >= 11 is 0. The Labute approximate surface area is 155 Å². The van der Waals surface area contributed by atoms with Gasteiger partial charge in [0.25, 0.3) is 0 Å². The first kappa shape index (κ1) is 17.4. The van der Waals surface area contributed by atoms with Gasteiger partial charge in [0, 0.05) is 18.8 Å². The summed E-state index contributed by atoms with van der Waals surface area (Å²) in [5, 5.41) is 3.10. The molecule has 26 heavy (non-hydrogen) atoms. The van der Waals surface area contributed by atoms with Gasteiger partial charge in [0.15, 0.2) is 0 Å². The molecule has 2 amide bonds. The number of methoxy groups -OCH3 is 1. The lowest BCUT2D eigenvalue weighted by Gasteiger charge is -2.34. The van der Waals surface area contributed by atoms with E-state index in [1.165, 1.54) is 6.42 Å². The summed E-state index contributed by atoms with van der Waals surface area (Å²) in [6.45, 7) is 3.68. The van der Waals surface area contributed by atoms with E-state index in [1.807, 2.05) is 30.0 Å². The van der Waals surface area contributed by atoms with Gasteiger partial charge in [-0.25, -0.2) is 0 Å². The quantitative estimate of drug-likeness (QED) is 0.878. The van der Waals surface area contributed by atoms with Crippen LogP contribution in [0.5, 0.6) is 5.75 Å². The number of carbonyl (C=O) groups is 2. The Kier molecular flexibility index (Phi) is 4.20. The van der Waals surface area contributed by atoms with Crippen molar-refractivity contribution in [3.8, 4) is 5.75 Å². The number of benzene rings is 1. The number of rotatable bonds is 5. The Morgan fingerprint density at radius 3 is 2.23 bits per heavy atom. The van der Waals surface area contributed by atoms with Crippen LogP contribution in [-0.2, 0) is 9.59 Å². The summed E-state index contributed by atoms with van der Waals surface area (Å²) in [4.78, 5) is 28.4. The van der Waals surface area contributed by atoms with Gasteiger partial charge in [0.1, 0.15) is 5.75 Å².